The van der Waals surface area contributed by atoms with Crippen molar-refractivity contribution in [1.82, 2.24) is 15.0 Å². The molecule has 0 atom stereocenters. The highest BCUT2D eigenvalue weighted by Crippen LogP contribution is 2.24. The number of carbonyl (C=O) groups is 1. The van der Waals surface area contributed by atoms with E-state index in [2.05, 4.69) is 25.6 Å². The van der Waals surface area contributed by atoms with Crippen LogP contribution in [-0.4, -0.2) is 20.9 Å². The molecule has 0 bridgehead atoms. The number of hydrogen-bond donors (Lipinski definition) is 2. The number of nitrogens with one attached hydrogen (secondary N) is 2. The van der Waals surface area contributed by atoms with E-state index in [1.807, 2.05) is 19.1 Å². The van der Waals surface area contributed by atoms with Crippen LogP contribution in [0.4, 0.5) is 21.7 Å². The lowest BCUT2D eigenvalue weighted by atomic mass is 10.1. The lowest BCUT2D eigenvalue weighted by Crippen LogP contribution is -2.12. The summed E-state index contributed by atoms with van der Waals surface area (Å²) in [6.45, 7) is 1.95. The smallest absolute Gasteiger partial charge is 0.255 e. The van der Waals surface area contributed by atoms with Crippen LogP contribution in [0.3, 0.4) is 0 Å². The van der Waals surface area contributed by atoms with Gasteiger partial charge in [-0.15, -0.1) is 0 Å². The molecule has 1 aromatic carbocycles. The van der Waals surface area contributed by atoms with E-state index in [-0.39, 0.29) is 11.7 Å². The van der Waals surface area contributed by atoms with Gasteiger partial charge in [0.15, 0.2) is 0 Å². The molecule has 0 unspecified atom stereocenters. The first-order valence-electron chi connectivity index (χ1n) is 9.25. The second-order valence-corrected chi connectivity index (χ2v) is 6.67. The number of nitrogens with zero attached hydrogens (tertiary/aromatic N) is 3. The second-order valence-electron chi connectivity index (χ2n) is 6.67. The van der Waals surface area contributed by atoms with Crippen molar-refractivity contribution in [2.24, 2.45) is 0 Å². The molecule has 0 aliphatic carbocycles. The van der Waals surface area contributed by atoms with Gasteiger partial charge < -0.3 is 10.6 Å². The average Bonchev–Trinajstić information content (AvgIpc) is 2.76. The molecule has 1 amide bonds. The molecule has 3 heterocycles. The van der Waals surface area contributed by atoms with Gasteiger partial charge in [-0.05, 0) is 42.8 Å². The molecule has 0 radical (unpaired) electrons. The molecule has 3 aromatic heterocycles. The third-order valence-corrected chi connectivity index (χ3v) is 4.37. The van der Waals surface area contributed by atoms with Crippen LogP contribution in [-0.2, 0) is 0 Å². The highest BCUT2D eigenvalue weighted by atomic mass is 19.1. The van der Waals surface area contributed by atoms with Gasteiger partial charge in [0.25, 0.3) is 5.91 Å². The predicted octanol–water partition coefficient (Wildman–Crippen LogP) is 4.98. The van der Waals surface area contributed by atoms with E-state index in [0.717, 1.165) is 5.56 Å². The second kappa shape index (κ2) is 8.48. The predicted molar refractivity (Wildman–Crippen MR) is 114 cm³/mol. The number of aromatic nitrogens is 3. The van der Waals surface area contributed by atoms with Gasteiger partial charge in [-0.25, -0.2) is 14.4 Å². The minimum atomic E-state index is -0.350. The van der Waals surface area contributed by atoms with Crippen molar-refractivity contribution in [3.8, 4) is 11.1 Å². The molecule has 0 saturated heterocycles. The monoisotopic (exact) mass is 399 g/mol. The van der Waals surface area contributed by atoms with Crippen LogP contribution in [0, 0.1) is 12.7 Å². The number of amides is 1. The number of carbonyl (C=O) groups excluding carboxylic acids is 1. The molecule has 0 aliphatic heterocycles. The molecule has 0 aliphatic rings. The maximum Gasteiger partial charge on any atom is 0.255 e. The first kappa shape index (κ1) is 19.2. The highest BCUT2D eigenvalue weighted by molar-refractivity contribution is 6.04. The van der Waals surface area contributed by atoms with Crippen molar-refractivity contribution < 1.29 is 9.18 Å². The van der Waals surface area contributed by atoms with Gasteiger partial charge in [0, 0.05) is 35.3 Å². The number of benzene rings is 1. The van der Waals surface area contributed by atoms with Crippen molar-refractivity contribution in [2.75, 3.05) is 10.6 Å². The normalized spacial score (nSPS) is 10.5. The minimum absolute atomic E-state index is 0.329. The Morgan fingerprint density at radius 1 is 0.933 bits per heavy atom. The van der Waals surface area contributed by atoms with E-state index in [0.29, 0.717) is 34.0 Å². The molecule has 4 aromatic rings. The number of anilines is 3. The molecule has 30 heavy (non-hydrogen) atoms. The van der Waals surface area contributed by atoms with Crippen LogP contribution in [0.5, 0.6) is 0 Å². The minimum Gasteiger partial charge on any atom is -0.325 e. The SMILES string of the molecule is Cc1ccc(Nc2cc(C(=O)Nc3cncc(-c4ccccc4F)c3)ccn2)nc1. The molecule has 7 heteroatoms. The Hall–Kier alpha value is -4.13. The van der Waals surface area contributed by atoms with Crippen molar-refractivity contribution in [3.63, 3.8) is 0 Å². The van der Waals surface area contributed by atoms with Crippen LogP contribution >= 0.6 is 0 Å². The highest BCUT2D eigenvalue weighted by Gasteiger charge is 2.10. The topological polar surface area (TPSA) is 79.8 Å². The van der Waals surface area contributed by atoms with E-state index in [1.165, 1.54) is 12.3 Å². The summed E-state index contributed by atoms with van der Waals surface area (Å²) in [5.41, 5.74) is 2.92. The average molecular weight is 399 g/mol. The van der Waals surface area contributed by atoms with Crippen molar-refractivity contribution in [3.05, 3.63) is 96.3 Å². The fourth-order valence-corrected chi connectivity index (χ4v) is 2.87. The summed E-state index contributed by atoms with van der Waals surface area (Å²) in [4.78, 5) is 25.3. The molecular weight excluding hydrogens is 381 g/mol. The number of halogens is 1. The quantitative estimate of drug-likeness (QED) is 0.495. The third kappa shape index (κ3) is 4.47. The van der Waals surface area contributed by atoms with E-state index in [1.54, 1.807) is 55.0 Å². The lowest BCUT2D eigenvalue weighted by molar-refractivity contribution is 0.102. The first-order chi connectivity index (χ1) is 14.6. The van der Waals surface area contributed by atoms with Gasteiger partial charge in [-0.3, -0.25) is 9.78 Å². The fraction of sp³-hybridized carbons (Fsp3) is 0.0435. The summed E-state index contributed by atoms with van der Waals surface area (Å²) in [6, 6.07) is 15.1. The van der Waals surface area contributed by atoms with E-state index in [9.17, 15) is 9.18 Å². The lowest BCUT2D eigenvalue weighted by Gasteiger charge is -2.09. The Morgan fingerprint density at radius 3 is 2.60 bits per heavy atom. The van der Waals surface area contributed by atoms with Crippen LogP contribution in [0.2, 0.25) is 0 Å². The van der Waals surface area contributed by atoms with Gasteiger partial charge >= 0.3 is 0 Å². The standard InChI is InChI=1S/C23H18FN5O/c1-15-6-7-21(27-12-15)29-22-11-16(8-9-26-22)23(30)28-18-10-17(13-25-14-18)19-4-2-3-5-20(19)24/h2-14H,1H3,(H,28,30)(H,26,27,29). The van der Waals surface area contributed by atoms with Crippen molar-refractivity contribution in [2.45, 2.75) is 6.92 Å². The molecule has 4 rings (SSSR count). The maximum atomic E-state index is 14.0. The van der Waals surface area contributed by atoms with Gasteiger partial charge in [-0.1, -0.05) is 24.3 Å². The molecular formula is C23H18FN5O. The molecule has 148 valence electrons. The number of hydrogen-bond acceptors (Lipinski definition) is 5. The molecule has 0 spiro atoms. The summed E-state index contributed by atoms with van der Waals surface area (Å²) < 4.78 is 14.0. The van der Waals surface area contributed by atoms with E-state index < -0.39 is 0 Å². The summed E-state index contributed by atoms with van der Waals surface area (Å²) in [5, 5.41) is 5.86. The van der Waals surface area contributed by atoms with Crippen LogP contribution < -0.4 is 10.6 Å². The van der Waals surface area contributed by atoms with Crippen LogP contribution in [0.25, 0.3) is 11.1 Å². The van der Waals surface area contributed by atoms with E-state index >= 15 is 0 Å². The summed E-state index contributed by atoms with van der Waals surface area (Å²) in [6.07, 6.45) is 6.35. The zero-order chi connectivity index (χ0) is 20.9. The van der Waals surface area contributed by atoms with Gasteiger partial charge in [0.2, 0.25) is 0 Å². The third-order valence-electron chi connectivity index (χ3n) is 4.37. The van der Waals surface area contributed by atoms with Crippen molar-refractivity contribution >= 4 is 23.2 Å². The Labute approximate surface area is 172 Å². The maximum absolute atomic E-state index is 14.0. The van der Waals surface area contributed by atoms with Crippen molar-refractivity contribution in [1.29, 1.82) is 0 Å². The zero-order valence-electron chi connectivity index (χ0n) is 16.1. The summed E-state index contributed by atoms with van der Waals surface area (Å²) in [7, 11) is 0. The summed E-state index contributed by atoms with van der Waals surface area (Å²) in [5.74, 6) is 0.451. The van der Waals surface area contributed by atoms with Gasteiger partial charge in [0.05, 0.1) is 11.9 Å². The Bertz CT molecular complexity index is 1190. The number of rotatable bonds is 5. The first-order valence-corrected chi connectivity index (χ1v) is 9.25. The Morgan fingerprint density at radius 2 is 1.80 bits per heavy atom. The molecule has 6 nitrogen and oxygen atoms in total. The van der Waals surface area contributed by atoms with Crippen LogP contribution in [0.15, 0.2) is 79.4 Å². The Kier molecular flexibility index (Phi) is 5.43. The Balaban J connectivity index is 1.51. The molecule has 0 saturated carbocycles. The van der Waals surface area contributed by atoms with Gasteiger partial charge in [-0.2, -0.15) is 0 Å². The molecule has 2 N–H and O–H groups in total. The zero-order valence-corrected chi connectivity index (χ0v) is 16.1. The van der Waals surface area contributed by atoms with Gasteiger partial charge in [0.1, 0.15) is 17.5 Å². The van der Waals surface area contributed by atoms with E-state index in [4.69, 9.17) is 0 Å². The molecule has 0 fully saturated rings. The number of pyridine rings is 3. The fourth-order valence-electron chi connectivity index (χ4n) is 2.87. The largest absolute Gasteiger partial charge is 0.325 e. The van der Waals surface area contributed by atoms with Crippen LogP contribution in [0.1, 0.15) is 15.9 Å². The number of aryl methyl sites for hydroxylation is 1. The summed E-state index contributed by atoms with van der Waals surface area (Å²) >= 11 is 0.